The molecule has 0 aromatic carbocycles. The first-order chi connectivity index (χ1) is 11.0. The monoisotopic (exact) mass is 324 g/mol. The molecule has 0 unspecified atom stereocenters. The summed E-state index contributed by atoms with van der Waals surface area (Å²) in [6.07, 6.45) is 1.20. The summed E-state index contributed by atoms with van der Waals surface area (Å²) in [6, 6.07) is 1.39. The van der Waals surface area contributed by atoms with Crippen LogP contribution in [0.25, 0.3) is 0 Å². The molecular weight excluding hydrogens is 304 g/mol. The number of hydrogen-bond donors (Lipinski definition) is 1. The number of carbonyl (C=O) groups is 3. The van der Waals surface area contributed by atoms with Gasteiger partial charge < -0.3 is 19.6 Å². The Morgan fingerprint density at radius 2 is 1.87 bits per heavy atom. The molecule has 1 aliphatic heterocycles. The summed E-state index contributed by atoms with van der Waals surface area (Å²) in [5.41, 5.74) is 0.0601. The van der Waals surface area contributed by atoms with Crippen molar-refractivity contribution in [1.82, 2.24) is 19.6 Å². The van der Waals surface area contributed by atoms with Gasteiger partial charge in [0, 0.05) is 38.8 Å². The molecule has 0 aliphatic carbocycles. The van der Waals surface area contributed by atoms with Crippen molar-refractivity contribution in [2.75, 3.05) is 32.8 Å². The maximum Gasteiger partial charge on any atom is 0.409 e. The smallest absolute Gasteiger partial charge is 0.409 e. The number of nitrogens with zero attached hydrogens (tertiary/aromatic N) is 4. The second-order valence-corrected chi connectivity index (χ2v) is 5.06. The zero-order valence-corrected chi connectivity index (χ0v) is 13.0. The van der Waals surface area contributed by atoms with E-state index in [1.165, 1.54) is 16.9 Å². The number of aryl methyl sites for hydroxylation is 1. The van der Waals surface area contributed by atoms with E-state index in [1.54, 1.807) is 16.7 Å². The summed E-state index contributed by atoms with van der Waals surface area (Å²) in [6.45, 7) is 4.06. The lowest BCUT2D eigenvalue weighted by Gasteiger charge is -2.34. The maximum absolute atomic E-state index is 12.2. The third kappa shape index (κ3) is 4.21. The highest BCUT2D eigenvalue weighted by Crippen LogP contribution is 2.07. The first-order valence-electron chi connectivity index (χ1n) is 7.47. The van der Waals surface area contributed by atoms with E-state index in [1.807, 2.05) is 0 Å². The Morgan fingerprint density at radius 1 is 1.22 bits per heavy atom. The summed E-state index contributed by atoms with van der Waals surface area (Å²) in [4.78, 5) is 38.0. The van der Waals surface area contributed by atoms with Gasteiger partial charge in [-0.2, -0.15) is 5.10 Å². The molecule has 9 heteroatoms. The Labute approximate surface area is 133 Å². The lowest BCUT2D eigenvalue weighted by atomic mass is 10.3. The second-order valence-electron chi connectivity index (χ2n) is 5.06. The zero-order valence-electron chi connectivity index (χ0n) is 13.0. The molecule has 2 rings (SSSR count). The van der Waals surface area contributed by atoms with E-state index in [0.29, 0.717) is 32.8 Å². The average Bonchev–Trinajstić information content (AvgIpc) is 3.02. The Bertz CT molecular complexity index is 577. The van der Waals surface area contributed by atoms with E-state index < -0.39 is 5.97 Å². The first kappa shape index (κ1) is 16.8. The normalized spacial score (nSPS) is 14.7. The number of aromatic nitrogens is 2. The van der Waals surface area contributed by atoms with E-state index in [4.69, 9.17) is 9.84 Å². The predicted octanol–water partition coefficient (Wildman–Crippen LogP) is 0.272. The molecule has 1 aliphatic rings. The number of aromatic carboxylic acids is 1. The van der Waals surface area contributed by atoms with Crippen LogP contribution in [-0.2, 0) is 16.1 Å². The van der Waals surface area contributed by atoms with E-state index >= 15 is 0 Å². The molecule has 1 fully saturated rings. The van der Waals surface area contributed by atoms with E-state index in [9.17, 15) is 14.4 Å². The van der Waals surface area contributed by atoms with Gasteiger partial charge in [-0.1, -0.05) is 0 Å². The van der Waals surface area contributed by atoms with Crippen LogP contribution in [0.3, 0.4) is 0 Å². The summed E-state index contributed by atoms with van der Waals surface area (Å²) in [5.74, 6) is -1.15. The van der Waals surface area contributed by atoms with Crippen molar-refractivity contribution >= 4 is 18.0 Å². The largest absolute Gasteiger partial charge is 0.477 e. The van der Waals surface area contributed by atoms with Gasteiger partial charge in [0.05, 0.1) is 13.2 Å². The van der Waals surface area contributed by atoms with Crippen LogP contribution in [-0.4, -0.2) is 75.4 Å². The van der Waals surface area contributed by atoms with Gasteiger partial charge in [-0.25, -0.2) is 9.59 Å². The summed E-state index contributed by atoms with van der Waals surface area (Å²) < 4.78 is 6.23. The predicted molar refractivity (Wildman–Crippen MR) is 79.0 cm³/mol. The number of piperazine rings is 1. The Morgan fingerprint density at radius 3 is 2.48 bits per heavy atom. The van der Waals surface area contributed by atoms with Gasteiger partial charge in [-0.3, -0.25) is 9.48 Å². The van der Waals surface area contributed by atoms with Crippen LogP contribution in [0.1, 0.15) is 23.8 Å². The molecule has 1 aromatic heterocycles. The SMILES string of the molecule is CCOC(=O)N1CCN(C(=O)CCn2nccc2C(=O)O)CC1. The fourth-order valence-electron chi connectivity index (χ4n) is 2.41. The molecule has 23 heavy (non-hydrogen) atoms. The van der Waals surface area contributed by atoms with Crippen LogP contribution in [0, 0.1) is 0 Å². The number of ether oxygens (including phenoxy) is 1. The number of carboxylic acids is 1. The fraction of sp³-hybridized carbons (Fsp3) is 0.571. The standard InChI is InChI=1S/C14H20N4O5/c1-2-23-14(22)17-9-7-16(8-10-17)12(19)4-6-18-11(13(20)21)3-5-15-18/h3,5H,2,4,6-10H2,1H3,(H,20,21). The highest BCUT2D eigenvalue weighted by molar-refractivity contribution is 5.85. The summed E-state index contributed by atoms with van der Waals surface area (Å²) in [5, 5.41) is 12.9. The van der Waals surface area contributed by atoms with Gasteiger partial charge in [-0.05, 0) is 13.0 Å². The molecule has 0 bridgehead atoms. The molecule has 2 amide bonds. The van der Waals surface area contributed by atoms with Crippen LogP contribution >= 0.6 is 0 Å². The molecule has 126 valence electrons. The van der Waals surface area contributed by atoms with Crippen LogP contribution in [0.5, 0.6) is 0 Å². The number of rotatable bonds is 5. The van der Waals surface area contributed by atoms with Gasteiger partial charge in [0.25, 0.3) is 0 Å². The van der Waals surface area contributed by atoms with Gasteiger partial charge in [-0.15, -0.1) is 0 Å². The van der Waals surface area contributed by atoms with Crippen molar-refractivity contribution in [1.29, 1.82) is 0 Å². The topological polar surface area (TPSA) is 105 Å². The van der Waals surface area contributed by atoms with Gasteiger partial charge in [0.15, 0.2) is 0 Å². The molecule has 0 spiro atoms. The first-order valence-corrected chi connectivity index (χ1v) is 7.47. The van der Waals surface area contributed by atoms with E-state index in [-0.39, 0.29) is 30.7 Å². The molecule has 1 aromatic rings. The van der Waals surface area contributed by atoms with Crippen LogP contribution < -0.4 is 0 Å². The molecule has 0 atom stereocenters. The number of carboxylic acid groups (broad SMARTS) is 1. The van der Waals surface area contributed by atoms with Gasteiger partial charge >= 0.3 is 12.1 Å². The molecule has 0 radical (unpaired) electrons. The lowest BCUT2D eigenvalue weighted by molar-refractivity contribution is -0.133. The number of hydrogen-bond acceptors (Lipinski definition) is 5. The summed E-state index contributed by atoms with van der Waals surface area (Å²) in [7, 11) is 0. The van der Waals surface area contributed by atoms with Crippen molar-refractivity contribution in [3.8, 4) is 0 Å². The van der Waals surface area contributed by atoms with Gasteiger partial charge in [0.1, 0.15) is 5.69 Å². The zero-order chi connectivity index (χ0) is 16.8. The molecule has 0 saturated carbocycles. The number of amides is 2. The Kier molecular flexibility index (Phi) is 5.56. The van der Waals surface area contributed by atoms with Crippen LogP contribution in [0.15, 0.2) is 12.3 Å². The third-order valence-electron chi connectivity index (χ3n) is 3.63. The van der Waals surface area contributed by atoms with Crippen LogP contribution in [0.4, 0.5) is 4.79 Å². The van der Waals surface area contributed by atoms with Crippen molar-refractivity contribution < 1.29 is 24.2 Å². The van der Waals surface area contributed by atoms with Crippen molar-refractivity contribution in [2.24, 2.45) is 0 Å². The highest BCUT2D eigenvalue weighted by Gasteiger charge is 2.24. The number of carbonyl (C=O) groups excluding carboxylic acids is 2. The molecule has 9 nitrogen and oxygen atoms in total. The quantitative estimate of drug-likeness (QED) is 0.833. The third-order valence-corrected chi connectivity index (χ3v) is 3.63. The van der Waals surface area contributed by atoms with Gasteiger partial charge in [0.2, 0.25) is 5.91 Å². The second kappa shape index (κ2) is 7.61. The van der Waals surface area contributed by atoms with E-state index in [2.05, 4.69) is 5.10 Å². The minimum Gasteiger partial charge on any atom is -0.477 e. The van der Waals surface area contributed by atoms with E-state index in [0.717, 1.165) is 0 Å². The average molecular weight is 324 g/mol. The molecule has 2 heterocycles. The Balaban J connectivity index is 1.80. The van der Waals surface area contributed by atoms with Crippen LogP contribution in [0.2, 0.25) is 0 Å². The molecule has 1 N–H and O–H groups in total. The Hall–Kier alpha value is -2.58. The molecule has 1 saturated heterocycles. The van der Waals surface area contributed by atoms with Crippen molar-refractivity contribution in [3.05, 3.63) is 18.0 Å². The highest BCUT2D eigenvalue weighted by atomic mass is 16.6. The minimum absolute atomic E-state index is 0.0601. The van der Waals surface area contributed by atoms with Crippen molar-refractivity contribution in [3.63, 3.8) is 0 Å². The molecular formula is C14H20N4O5. The lowest BCUT2D eigenvalue weighted by Crippen LogP contribution is -2.50. The maximum atomic E-state index is 12.2. The van der Waals surface area contributed by atoms with Crippen molar-refractivity contribution in [2.45, 2.75) is 19.9 Å². The fourth-order valence-corrected chi connectivity index (χ4v) is 2.41. The summed E-state index contributed by atoms with van der Waals surface area (Å²) >= 11 is 0. The minimum atomic E-state index is -1.07.